The first kappa shape index (κ1) is 20.0. The van der Waals surface area contributed by atoms with Crippen molar-refractivity contribution >= 4 is 23.4 Å². The molecule has 2 aromatic rings. The van der Waals surface area contributed by atoms with E-state index in [0.717, 1.165) is 0 Å². The van der Waals surface area contributed by atoms with Gasteiger partial charge in [-0.2, -0.15) is 0 Å². The number of hydrogen-bond acceptors (Lipinski definition) is 4. The van der Waals surface area contributed by atoms with E-state index in [4.69, 9.17) is 21.1 Å². The van der Waals surface area contributed by atoms with Gasteiger partial charge in [0.25, 0.3) is 0 Å². The molecule has 0 unspecified atom stereocenters. The Hall–Kier alpha value is -2.33. The van der Waals surface area contributed by atoms with E-state index in [1.165, 1.54) is 0 Å². The van der Waals surface area contributed by atoms with Gasteiger partial charge in [-0.25, -0.2) is 0 Å². The lowest BCUT2D eigenvalue weighted by atomic mass is 10.0. The summed E-state index contributed by atoms with van der Waals surface area (Å²) in [5, 5.41) is 0.587. The lowest BCUT2D eigenvalue weighted by molar-refractivity contribution is -0.151. The maximum absolute atomic E-state index is 12.5. The predicted molar refractivity (Wildman–Crippen MR) is 102 cm³/mol. The van der Waals surface area contributed by atoms with Crippen LogP contribution in [0.15, 0.2) is 48.5 Å². The summed E-state index contributed by atoms with van der Waals surface area (Å²) < 4.78 is 11.0. The third-order valence-corrected chi connectivity index (χ3v) is 3.81. The van der Waals surface area contributed by atoms with E-state index in [9.17, 15) is 9.59 Å². The van der Waals surface area contributed by atoms with Crippen molar-refractivity contribution < 1.29 is 19.1 Å². The van der Waals surface area contributed by atoms with Crippen LogP contribution in [-0.4, -0.2) is 23.5 Å². The van der Waals surface area contributed by atoms with Crippen molar-refractivity contribution in [3.8, 4) is 5.75 Å². The van der Waals surface area contributed by atoms with Gasteiger partial charge in [-0.05, 0) is 76.2 Å². The molecule has 0 aromatic heterocycles. The van der Waals surface area contributed by atoms with Crippen molar-refractivity contribution in [3.63, 3.8) is 0 Å². The van der Waals surface area contributed by atoms with E-state index >= 15 is 0 Å². The summed E-state index contributed by atoms with van der Waals surface area (Å²) in [4.78, 5) is 24.3. The molecule has 0 fully saturated rings. The molecule has 0 bridgehead atoms. The summed E-state index contributed by atoms with van der Waals surface area (Å²) >= 11 is 5.85. The smallest absolute Gasteiger partial charge is 0.310 e. The number of ether oxygens (including phenoxy) is 2. The van der Waals surface area contributed by atoms with E-state index in [-0.39, 0.29) is 24.3 Å². The molecule has 0 saturated heterocycles. The van der Waals surface area contributed by atoms with Crippen LogP contribution in [-0.2, 0) is 9.53 Å². The number of carbonyl (C=O) groups excluding carboxylic acids is 2. The van der Waals surface area contributed by atoms with Crippen LogP contribution in [0, 0.1) is 0 Å². The molecule has 0 spiro atoms. The molecule has 138 valence electrons. The van der Waals surface area contributed by atoms with E-state index in [1.807, 2.05) is 27.7 Å². The van der Waals surface area contributed by atoms with Crippen LogP contribution in [0.3, 0.4) is 0 Å². The first-order valence-electron chi connectivity index (χ1n) is 8.45. The molecule has 0 amide bonds. The van der Waals surface area contributed by atoms with E-state index in [1.54, 1.807) is 48.5 Å². The van der Waals surface area contributed by atoms with Crippen molar-refractivity contribution in [1.29, 1.82) is 0 Å². The lowest BCUT2D eigenvalue weighted by Gasteiger charge is -2.26. The summed E-state index contributed by atoms with van der Waals surface area (Å²) in [5.41, 5.74) is 0.407. The molecule has 0 aliphatic rings. The van der Waals surface area contributed by atoms with Crippen LogP contribution in [0.2, 0.25) is 5.02 Å². The van der Waals surface area contributed by atoms with Crippen molar-refractivity contribution in [1.82, 2.24) is 0 Å². The maximum atomic E-state index is 12.5. The number of esters is 1. The zero-order valence-electron chi connectivity index (χ0n) is 15.4. The van der Waals surface area contributed by atoms with Gasteiger partial charge in [0, 0.05) is 16.1 Å². The third-order valence-electron chi connectivity index (χ3n) is 3.55. The van der Waals surface area contributed by atoms with Crippen molar-refractivity contribution in [3.05, 3.63) is 64.7 Å². The molecule has 0 aliphatic heterocycles. The minimum Gasteiger partial charge on any atom is -0.487 e. The van der Waals surface area contributed by atoms with Gasteiger partial charge in [-0.1, -0.05) is 11.6 Å². The Morgan fingerprint density at radius 2 is 1.46 bits per heavy atom. The number of ketones is 1. The first-order valence-corrected chi connectivity index (χ1v) is 8.83. The average molecular weight is 375 g/mol. The molecule has 5 heteroatoms. The average Bonchev–Trinajstić information content (AvgIpc) is 2.53. The number of halogens is 1. The predicted octanol–water partition coefficient (Wildman–Crippen LogP) is 5.07. The zero-order chi connectivity index (χ0) is 19.3. The van der Waals surface area contributed by atoms with Gasteiger partial charge in [0.05, 0.1) is 12.5 Å². The van der Waals surface area contributed by atoms with E-state index in [0.29, 0.717) is 21.9 Å². The van der Waals surface area contributed by atoms with Gasteiger partial charge in [0.15, 0.2) is 5.78 Å². The molecule has 4 nitrogen and oxygen atoms in total. The van der Waals surface area contributed by atoms with Gasteiger partial charge in [0.2, 0.25) is 0 Å². The molecule has 0 N–H and O–H groups in total. The quantitative estimate of drug-likeness (QED) is 0.501. The molecule has 0 aliphatic carbocycles. The highest BCUT2D eigenvalue weighted by Crippen LogP contribution is 2.23. The van der Waals surface area contributed by atoms with E-state index < -0.39 is 5.60 Å². The highest BCUT2D eigenvalue weighted by atomic mass is 35.5. The Balaban J connectivity index is 2.03. The highest BCUT2D eigenvalue weighted by Gasteiger charge is 2.25. The van der Waals surface area contributed by atoms with Gasteiger partial charge < -0.3 is 9.47 Å². The molecule has 0 atom stereocenters. The maximum Gasteiger partial charge on any atom is 0.310 e. The summed E-state index contributed by atoms with van der Waals surface area (Å²) in [7, 11) is 0. The standard InChI is InChI=1S/C21H23ClO4/c1-14(2)25-19(23)13-21(3,4)26-18-11-7-16(8-12-18)20(24)15-5-9-17(22)10-6-15/h5-12,14H,13H2,1-4H3. The number of benzene rings is 2. The van der Waals surface area contributed by atoms with Gasteiger partial charge in [0.1, 0.15) is 11.4 Å². The van der Waals surface area contributed by atoms with Gasteiger partial charge >= 0.3 is 5.97 Å². The molecule has 2 aromatic carbocycles. The second-order valence-electron chi connectivity index (χ2n) is 6.94. The van der Waals surface area contributed by atoms with Crippen LogP contribution in [0.25, 0.3) is 0 Å². The summed E-state index contributed by atoms with van der Waals surface area (Å²) in [6, 6.07) is 13.6. The first-order chi connectivity index (χ1) is 12.2. The zero-order valence-corrected chi connectivity index (χ0v) is 16.2. The Bertz CT molecular complexity index is 762. The molecule has 0 saturated carbocycles. The van der Waals surface area contributed by atoms with Crippen LogP contribution < -0.4 is 4.74 Å². The Morgan fingerprint density at radius 1 is 0.962 bits per heavy atom. The molecule has 26 heavy (non-hydrogen) atoms. The fraction of sp³-hybridized carbons (Fsp3) is 0.333. The normalized spacial score (nSPS) is 11.3. The summed E-state index contributed by atoms with van der Waals surface area (Å²) in [6.45, 7) is 7.26. The van der Waals surface area contributed by atoms with Crippen molar-refractivity contribution in [2.24, 2.45) is 0 Å². The van der Waals surface area contributed by atoms with Gasteiger partial charge in [-0.3, -0.25) is 9.59 Å². The van der Waals surface area contributed by atoms with Crippen molar-refractivity contribution in [2.45, 2.75) is 45.8 Å². The lowest BCUT2D eigenvalue weighted by Crippen LogP contribution is -2.32. The van der Waals surface area contributed by atoms with Crippen LogP contribution >= 0.6 is 11.6 Å². The summed E-state index contributed by atoms with van der Waals surface area (Å²) in [5.74, 6) is 0.188. The largest absolute Gasteiger partial charge is 0.487 e. The molecule has 0 radical (unpaired) electrons. The van der Waals surface area contributed by atoms with Crippen LogP contribution in [0.5, 0.6) is 5.75 Å². The Labute approximate surface area is 159 Å². The number of rotatable bonds is 7. The molecule has 2 rings (SSSR count). The fourth-order valence-corrected chi connectivity index (χ4v) is 2.58. The number of carbonyl (C=O) groups is 2. The minimum atomic E-state index is -0.715. The van der Waals surface area contributed by atoms with Gasteiger partial charge in [-0.15, -0.1) is 0 Å². The molecular weight excluding hydrogens is 352 g/mol. The SMILES string of the molecule is CC(C)OC(=O)CC(C)(C)Oc1ccc(C(=O)c2ccc(Cl)cc2)cc1. The van der Waals surface area contributed by atoms with Crippen LogP contribution in [0.4, 0.5) is 0 Å². The molecular formula is C21H23ClO4. The second kappa shape index (κ2) is 8.37. The molecule has 0 heterocycles. The Kier molecular flexibility index (Phi) is 6.43. The minimum absolute atomic E-state index is 0.0898. The fourth-order valence-electron chi connectivity index (χ4n) is 2.45. The third kappa shape index (κ3) is 5.88. The van der Waals surface area contributed by atoms with Crippen LogP contribution in [0.1, 0.15) is 50.0 Å². The highest BCUT2D eigenvalue weighted by molar-refractivity contribution is 6.30. The van der Waals surface area contributed by atoms with Crippen molar-refractivity contribution in [2.75, 3.05) is 0 Å². The van der Waals surface area contributed by atoms with E-state index in [2.05, 4.69) is 0 Å². The topological polar surface area (TPSA) is 52.6 Å². The second-order valence-corrected chi connectivity index (χ2v) is 7.37. The summed E-state index contributed by atoms with van der Waals surface area (Å²) in [6.07, 6.45) is -0.0205. The number of hydrogen-bond donors (Lipinski definition) is 0. The monoisotopic (exact) mass is 374 g/mol. The Morgan fingerprint density at radius 3 is 1.96 bits per heavy atom.